The van der Waals surface area contributed by atoms with E-state index in [1.165, 1.54) is 52.7 Å². The quantitative estimate of drug-likeness (QED) is 0.0493. The molecule has 4 aliphatic heterocycles. The molecule has 4 atom stereocenters. The molecule has 3 amide bonds. The molecule has 1 aromatic heterocycles. The van der Waals surface area contributed by atoms with Gasteiger partial charge < -0.3 is 31.0 Å². The van der Waals surface area contributed by atoms with Crippen LogP contribution >= 0.6 is 34.9 Å². The van der Waals surface area contributed by atoms with E-state index in [-0.39, 0.29) is 34.6 Å². The topological polar surface area (TPSA) is 253 Å². The number of carboxylic acid groups (broad SMARTS) is 1. The van der Waals surface area contributed by atoms with Crippen molar-refractivity contribution in [2.45, 2.75) is 57.9 Å². The number of hydrazine groups is 3. The normalized spacial score (nSPS) is 25.0. The number of carboxylic acids is 1. The van der Waals surface area contributed by atoms with Crippen molar-refractivity contribution < 1.29 is 34.2 Å². The number of nitrogen functional groups attached to an aromatic ring is 1. The van der Waals surface area contributed by atoms with E-state index in [1.807, 2.05) is 19.3 Å². The number of aliphatic imine (C=N–C) groups is 1. The summed E-state index contributed by atoms with van der Waals surface area (Å²) in [6, 6.07) is -0.969. The van der Waals surface area contributed by atoms with Gasteiger partial charge in [0, 0.05) is 34.7 Å². The number of anilines is 1. The van der Waals surface area contributed by atoms with E-state index in [0.29, 0.717) is 5.82 Å². The lowest BCUT2D eigenvalue weighted by Crippen LogP contribution is -2.74. The van der Waals surface area contributed by atoms with Crippen molar-refractivity contribution in [3.05, 3.63) is 33.7 Å². The molecule has 9 N–H and O–H groups in total. The Hall–Kier alpha value is -3.89. The zero-order valence-electron chi connectivity index (χ0n) is 26.0. The number of thiazole rings is 1. The number of allylic oxidation sites excluding steroid dienone is 1. The number of aliphatic hydroxyl groups excluding tert-OH is 1. The summed E-state index contributed by atoms with van der Waals surface area (Å²) in [4.78, 5) is 67.0. The van der Waals surface area contributed by atoms with Crippen molar-refractivity contribution in [1.29, 1.82) is 0 Å². The van der Waals surface area contributed by atoms with E-state index < -0.39 is 52.4 Å². The molecule has 0 aliphatic carbocycles. The third-order valence-electron chi connectivity index (χ3n) is 7.84. The second-order valence-electron chi connectivity index (χ2n) is 11.7. The zero-order valence-corrected chi connectivity index (χ0v) is 28.5. The van der Waals surface area contributed by atoms with Gasteiger partial charge in [-0.1, -0.05) is 5.16 Å². The first-order chi connectivity index (χ1) is 22.1. The second-order valence-corrected chi connectivity index (χ2v) is 14.6. The number of β-lactam (4-membered cyclic amide) rings is 1. The maximum absolute atomic E-state index is 13.4. The lowest BCUT2D eigenvalue weighted by molar-refractivity contribution is -0.157. The van der Waals surface area contributed by atoms with Crippen molar-refractivity contribution in [2.24, 2.45) is 21.4 Å². The fraction of sp³-hybridized carbons (Fsp3) is 0.500. The Kier molecular flexibility index (Phi) is 9.50. The average molecular weight is 710 g/mol. The minimum Gasteiger partial charge on any atom is -0.481 e. The van der Waals surface area contributed by atoms with Gasteiger partial charge in [0.2, 0.25) is 11.5 Å². The Bertz CT molecular complexity index is 1620. The lowest BCUT2D eigenvalue weighted by atomic mass is 9.89. The van der Waals surface area contributed by atoms with Crippen molar-refractivity contribution in [2.75, 3.05) is 23.8 Å². The van der Waals surface area contributed by atoms with Gasteiger partial charge in [0.15, 0.2) is 16.7 Å². The summed E-state index contributed by atoms with van der Waals surface area (Å²) in [6.07, 6.45) is 0.822. The molecule has 4 aliphatic rings. The van der Waals surface area contributed by atoms with Crippen LogP contribution in [0.5, 0.6) is 0 Å². The number of carbonyl (C=O) groups excluding carboxylic acids is 3. The van der Waals surface area contributed by atoms with Crippen LogP contribution < -0.4 is 27.9 Å². The molecule has 2 saturated heterocycles. The van der Waals surface area contributed by atoms with Crippen LogP contribution in [0.15, 0.2) is 38.2 Å². The number of nitrogens with two attached hydrogens (primary N) is 2. The van der Waals surface area contributed by atoms with Crippen LogP contribution in [-0.4, -0.2) is 107 Å². The molecular weight excluding hydrogens is 675 g/mol. The summed E-state index contributed by atoms with van der Waals surface area (Å²) in [5, 5.41) is 32.0. The van der Waals surface area contributed by atoms with Gasteiger partial charge in [0.25, 0.3) is 11.8 Å². The maximum atomic E-state index is 13.4. The number of aliphatic hydroxyl groups is 1. The van der Waals surface area contributed by atoms with Crippen LogP contribution in [0.2, 0.25) is 0 Å². The van der Waals surface area contributed by atoms with Gasteiger partial charge in [-0.05, 0) is 34.6 Å². The smallest absolute Gasteiger partial charge is 0.313 e. The number of nitrogens with one attached hydrogen (secondary N) is 3. The molecule has 18 nitrogen and oxygen atoms in total. The van der Waals surface area contributed by atoms with E-state index in [1.54, 1.807) is 18.1 Å². The molecular formula is C26H35N11O7S3. The Morgan fingerprint density at radius 3 is 2.70 bits per heavy atom. The number of rotatable bonds is 11. The van der Waals surface area contributed by atoms with Gasteiger partial charge in [-0.3, -0.25) is 29.6 Å². The van der Waals surface area contributed by atoms with Crippen molar-refractivity contribution in [3.63, 3.8) is 0 Å². The molecule has 5 rings (SSSR count). The molecule has 0 spiro atoms. The van der Waals surface area contributed by atoms with Gasteiger partial charge in [-0.25, -0.2) is 20.8 Å². The molecule has 0 radical (unpaired) electrons. The highest BCUT2D eigenvalue weighted by Gasteiger charge is 2.58. The highest BCUT2D eigenvalue weighted by atomic mass is 32.2. The number of nitrogens with zero attached hydrogens (tertiary/aromatic N) is 6. The Morgan fingerprint density at radius 1 is 1.36 bits per heavy atom. The summed E-state index contributed by atoms with van der Waals surface area (Å²) in [7, 11) is 0. The number of thioether (sulfide) groups is 2. The number of hydrogen-bond acceptors (Lipinski definition) is 17. The van der Waals surface area contributed by atoms with Gasteiger partial charge >= 0.3 is 5.97 Å². The highest BCUT2D eigenvalue weighted by Crippen LogP contribution is 2.46. The van der Waals surface area contributed by atoms with Gasteiger partial charge in [-0.2, -0.15) is 0 Å². The number of oxime groups is 1. The third kappa shape index (κ3) is 6.50. The standard InChI is InChI=1S/C26H35N11O7S3/c1-11-12(2)29-15-6-36(13(3)38)34-37(15)20(11)46-9-26(23(42)43)8-35-19(40)17(21(35)47-10-26)31-18(39)16(14-7-45-24(27)30-14)33-44-25(4,5)22(41)32-28/h6-7,13,17,21,34,38H,8-10,28H2,1-5H3,(H2,27,30)(H,31,39)(H,32,41)(H,42,43)/t13?,17?,21-,26?/m1/s1. The molecule has 47 heavy (non-hydrogen) atoms. The molecule has 1 aromatic rings. The predicted molar refractivity (Wildman–Crippen MR) is 175 cm³/mol. The molecule has 0 saturated carbocycles. The van der Waals surface area contributed by atoms with Crippen LogP contribution in [0.1, 0.15) is 40.3 Å². The highest BCUT2D eigenvalue weighted by molar-refractivity contribution is 8.03. The minimum absolute atomic E-state index is 0.0669. The van der Waals surface area contributed by atoms with Gasteiger partial charge in [0.05, 0.1) is 11.2 Å². The van der Waals surface area contributed by atoms with Crippen molar-refractivity contribution in [1.82, 2.24) is 36.2 Å². The fourth-order valence-electron chi connectivity index (χ4n) is 4.85. The summed E-state index contributed by atoms with van der Waals surface area (Å²) in [5.74, 6) is 3.06. The molecule has 5 heterocycles. The number of aromatic nitrogens is 1. The van der Waals surface area contributed by atoms with E-state index in [0.717, 1.165) is 27.7 Å². The Labute approximate surface area is 281 Å². The first-order valence-electron chi connectivity index (χ1n) is 14.2. The molecule has 254 valence electrons. The summed E-state index contributed by atoms with van der Waals surface area (Å²) in [6.45, 7) is 8.05. The molecule has 0 aromatic carbocycles. The van der Waals surface area contributed by atoms with Crippen LogP contribution in [0.4, 0.5) is 5.13 Å². The molecule has 21 heteroatoms. The Morgan fingerprint density at radius 2 is 2.09 bits per heavy atom. The van der Waals surface area contributed by atoms with Crippen LogP contribution in [-0.2, 0) is 24.0 Å². The SMILES string of the molecule is CC1=NC2=CN(C(C)O)NN2C(SCC2(C(=O)O)CS[C@@H]3C(NC(=O)C(=NOC(C)(C)C(=O)NN)c4csc(N)n4)C(=O)N3C2)=C1C. The third-order valence-corrected chi connectivity index (χ3v) is 11.6. The fourth-order valence-corrected chi connectivity index (χ4v) is 8.42. The summed E-state index contributed by atoms with van der Waals surface area (Å²) in [5.41, 5.74) is 9.28. The van der Waals surface area contributed by atoms with Crippen LogP contribution in [0.3, 0.4) is 0 Å². The van der Waals surface area contributed by atoms with Gasteiger partial charge in [-0.15, -0.1) is 40.4 Å². The molecule has 3 unspecified atom stereocenters. The van der Waals surface area contributed by atoms with Crippen molar-refractivity contribution in [3.8, 4) is 0 Å². The first kappa shape index (κ1) is 34.4. The van der Waals surface area contributed by atoms with E-state index in [4.69, 9.17) is 16.4 Å². The number of carbonyl (C=O) groups is 4. The lowest BCUT2D eigenvalue weighted by Gasteiger charge is -2.53. The number of fused-ring (bicyclic) bond motifs is 2. The van der Waals surface area contributed by atoms with Crippen molar-refractivity contribution >= 4 is 75.1 Å². The predicted octanol–water partition coefficient (Wildman–Crippen LogP) is -0.701. The average Bonchev–Trinajstić information content (AvgIpc) is 3.65. The molecule has 0 bridgehead atoms. The second kappa shape index (κ2) is 13.0. The monoisotopic (exact) mass is 709 g/mol. The maximum Gasteiger partial charge on any atom is 0.313 e. The summed E-state index contributed by atoms with van der Waals surface area (Å²) < 4.78 is 0. The number of hydrogen-bond donors (Lipinski definition) is 7. The van der Waals surface area contributed by atoms with E-state index >= 15 is 0 Å². The molecule has 2 fully saturated rings. The minimum atomic E-state index is -1.54. The number of aliphatic carboxylic acids is 1. The Balaban J connectivity index is 1.28. The van der Waals surface area contributed by atoms with Crippen LogP contribution in [0.25, 0.3) is 0 Å². The summed E-state index contributed by atoms with van der Waals surface area (Å²) >= 11 is 3.63. The van der Waals surface area contributed by atoms with Crippen LogP contribution in [0, 0.1) is 5.41 Å². The first-order valence-corrected chi connectivity index (χ1v) is 17.1. The van der Waals surface area contributed by atoms with Gasteiger partial charge in [0.1, 0.15) is 28.8 Å². The van der Waals surface area contributed by atoms with E-state index in [2.05, 4.69) is 26.0 Å². The largest absolute Gasteiger partial charge is 0.481 e. The number of amides is 3. The van der Waals surface area contributed by atoms with E-state index in [9.17, 15) is 29.4 Å². The zero-order chi connectivity index (χ0) is 34.4.